The van der Waals surface area contributed by atoms with Crippen LogP contribution in [0.3, 0.4) is 0 Å². The first-order valence-corrected chi connectivity index (χ1v) is 12.9. The van der Waals surface area contributed by atoms with Gasteiger partial charge in [0.2, 0.25) is 0 Å². The number of carbonyl (C=O) groups excluding carboxylic acids is 1. The van der Waals surface area contributed by atoms with Gasteiger partial charge in [0.25, 0.3) is 5.91 Å². The van der Waals surface area contributed by atoms with Gasteiger partial charge < -0.3 is 20.3 Å². The minimum atomic E-state index is -0.282. The SMILES string of the molecule is COc1cccc(F)c1C1CC2C(CN1)NNC2NC(=O)c1ccc(N2CCN(C(C)C)CC2)cc1. The van der Waals surface area contributed by atoms with Crippen LogP contribution in [-0.2, 0) is 0 Å². The molecule has 194 valence electrons. The maximum absolute atomic E-state index is 14.7. The monoisotopic (exact) mass is 496 g/mol. The number of halogens is 1. The molecule has 4 atom stereocenters. The lowest BCUT2D eigenvalue weighted by atomic mass is 9.84. The van der Waals surface area contributed by atoms with Crippen LogP contribution in [-0.4, -0.2) is 68.9 Å². The van der Waals surface area contributed by atoms with Crippen LogP contribution in [0.15, 0.2) is 42.5 Å². The van der Waals surface area contributed by atoms with Crippen molar-refractivity contribution < 1.29 is 13.9 Å². The van der Waals surface area contributed by atoms with E-state index < -0.39 is 0 Å². The molecule has 2 aromatic carbocycles. The Balaban J connectivity index is 1.21. The second kappa shape index (κ2) is 10.7. The Bertz CT molecular complexity index is 1060. The van der Waals surface area contributed by atoms with Gasteiger partial charge in [0, 0.05) is 73.6 Å². The van der Waals surface area contributed by atoms with Crippen LogP contribution in [0.5, 0.6) is 5.75 Å². The lowest BCUT2D eigenvalue weighted by Crippen LogP contribution is -2.50. The van der Waals surface area contributed by atoms with Crippen LogP contribution in [0.1, 0.15) is 42.2 Å². The predicted molar refractivity (Wildman–Crippen MR) is 138 cm³/mol. The third-order valence-corrected chi connectivity index (χ3v) is 7.87. The van der Waals surface area contributed by atoms with Crippen LogP contribution in [0.2, 0.25) is 0 Å². The van der Waals surface area contributed by atoms with E-state index in [4.69, 9.17) is 4.74 Å². The molecular formula is C27H37FN6O2. The molecule has 0 radical (unpaired) electrons. The smallest absolute Gasteiger partial charge is 0.252 e. The molecule has 5 rings (SSSR count). The Kier molecular flexibility index (Phi) is 7.43. The first-order chi connectivity index (χ1) is 17.4. The number of anilines is 1. The van der Waals surface area contributed by atoms with Crippen molar-refractivity contribution in [3.8, 4) is 5.75 Å². The van der Waals surface area contributed by atoms with Crippen molar-refractivity contribution in [1.29, 1.82) is 0 Å². The van der Waals surface area contributed by atoms with Gasteiger partial charge in [-0.2, -0.15) is 0 Å². The van der Waals surface area contributed by atoms with Gasteiger partial charge in [-0.05, 0) is 56.7 Å². The molecule has 0 spiro atoms. The van der Waals surface area contributed by atoms with E-state index in [9.17, 15) is 9.18 Å². The lowest BCUT2D eigenvalue weighted by molar-refractivity contribution is 0.0913. The van der Waals surface area contributed by atoms with Crippen molar-refractivity contribution in [2.45, 2.75) is 44.6 Å². The summed E-state index contributed by atoms with van der Waals surface area (Å²) in [5, 5.41) is 6.57. The molecule has 3 saturated heterocycles. The van der Waals surface area contributed by atoms with Crippen LogP contribution in [0, 0.1) is 11.7 Å². The molecule has 8 nitrogen and oxygen atoms in total. The summed E-state index contributed by atoms with van der Waals surface area (Å²) >= 11 is 0. The highest BCUT2D eigenvalue weighted by Crippen LogP contribution is 2.36. The van der Waals surface area contributed by atoms with Crippen molar-refractivity contribution in [1.82, 2.24) is 26.4 Å². The fourth-order valence-electron chi connectivity index (χ4n) is 5.71. The zero-order chi connectivity index (χ0) is 25.2. The van der Waals surface area contributed by atoms with Crippen molar-refractivity contribution in [3.05, 3.63) is 59.4 Å². The fraction of sp³-hybridized carbons (Fsp3) is 0.519. The normalized spacial score (nSPS) is 26.6. The fourth-order valence-corrected chi connectivity index (χ4v) is 5.71. The van der Waals surface area contributed by atoms with Crippen molar-refractivity contribution in [2.24, 2.45) is 5.92 Å². The maximum atomic E-state index is 14.7. The van der Waals surface area contributed by atoms with E-state index >= 15 is 0 Å². The molecule has 0 bridgehead atoms. The number of nitrogens with one attached hydrogen (secondary N) is 4. The quantitative estimate of drug-likeness (QED) is 0.489. The molecule has 1 amide bonds. The number of hydrazine groups is 1. The molecule has 9 heteroatoms. The molecule has 0 aromatic heterocycles. The van der Waals surface area contributed by atoms with Crippen molar-refractivity contribution in [2.75, 3.05) is 44.7 Å². The van der Waals surface area contributed by atoms with Crippen molar-refractivity contribution in [3.63, 3.8) is 0 Å². The topological polar surface area (TPSA) is 80.9 Å². The Labute approximate surface area is 212 Å². The van der Waals surface area contributed by atoms with Gasteiger partial charge in [0.15, 0.2) is 0 Å². The number of carbonyl (C=O) groups is 1. The summed E-state index contributed by atoms with van der Waals surface area (Å²) in [6.07, 6.45) is 0.405. The van der Waals surface area contributed by atoms with E-state index in [1.165, 1.54) is 6.07 Å². The lowest BCUT2D eigenvalue weighted by Gasteiger charge is -2.38. The zero-order valence-corrected chi connectivity index (χ0v) is 21.3. The van der Waals surface area contributed by atoms with Gasteiger partial charge in [-0.25, -0.2) is 9.82 Å². The van der Waals surface area contributed by atoms with Gasteiger partial charge in [-0.3, -0.25) is 15.1 Å². The van der Waals surface area contributed by atoms with Gasteiger partial charge in [-0.15, -0.1) is 0 Å². The number of ether oxygens (including phenoxy) is 1. The number of benzene rings is 2. The summed E-state index contributed by atoms with van der Waals surface area (Å²) in [4.78, 5) is 18.0. The zero-order valence-electron chi connectivity index (χ0n) is 21.3. The number of piperidine rings is 1. The number of nitrogens with zero attached hydrogens (tertiary/aromatic N) is 2. The predicted octanol–water partition coefficient (Wildman–Crippen LogP) is 2.25. The number of amides is 1. The molecule has 36 heavy (non-hydrogen) atoms. The second-order valence-corrected chi connectivity index (χ2v) is 10.2. The van der Waals surface area contributed by atoms with Crippen LogP contribution >= 0.6 is 0 Å². The Morgan fingerprint density at radius 3 is 2.53 bits per heavy atom. The highest BCUT2D eigenvalue weighted by molar-refractivity contribution is 5.94. The Hall–Kier alpha value is -2.72. The van der Waals surface area contributed by atoms with Crippen molar-refractivity contribution >= 4 is 11.6 Å². The summed E-state index contributed by atoms with van der Waals surface area (Å²) in [7, 11) is 1.56. The van der Waals surface area contributed by atoms with Crippen LogP contribution in [0.4, 0.5) is 10.1 Å². The molecule has 3 heterocycles. The molecule has 3 aliphatic rings. The molecule has 3 aliphatic heterocycles. The van der Waals surface area contributed by atoms with Crippen LogP contribution < -0.4 is 31.1 Å². The van der Waals surface area contributed by atoms with E-state index in [2.05, 4.69) is 45.1 Å². The molecule has 0 aliphatic carbocycles. The number of hydrogen-bond acceptors (Lipinski definition) is 7. The summed E-state index contributed by atoms with van der Waals surface area (Å²) in [6.45, 7) is 9.22. The molecule has 3 fully saturated rings. The number of fused-ring (bicyclic) bond motifs is 1. The molecule has 4 unspecified atom stereocenters. The number of piperazine rings is 1. The largest absolute Gasteiger partial charge is 0.496 e. The summed E-state index contributed by atoms with van der Waals surface area (Å²) in [5.74, 6) is 0.234. The summed E-state index contributed by atoms with van der Waals surface area (Å²) in [5.41, 5.74) is 8.83. The summed E-state index contributed by atoms with van der Waals surface area (Å²) in [6, 6.07) is 13.3. The first-order valence-electron chi connectivity index (χ1n) is 12.9. The number of hydrogen-bond donors (Lipinski definition) is 4. The molecule has 2 aromatic rings. The maximum Gasteiger partial charge on any atom is 0.252 e. The van der Waals surface area contributed by atoms with E-state index in [1.54, 1.807) is 19.2 Å². The van der Waals surface area contributed by atoms with Gasteiger partial charge >= 0.3 is 0 Å². The minimum absolute atomic E-state index is 0.0982. The average Bonchev–Trinajstić information content (AvgIpc) is 3.30. The number of methoxy groups -OCH3 is 1. The highest BCUT2D eigenvalue weighted by Gasteiger charge is 2.42. The number of rotatable bonds is 6. The van der Waals surface area contributed by atoms with Crippen LogP contribution in [0.25, 0.3) is 0 Å². The molecule has 4 N–H and O–H groups in total. The average molecular weight is 497 g/mol. The van der Waals surface area contributed by atoms with Gasteiger partial charge in [0.05, 0.1) is 13.3 Å². The first kappa shape index (κ1) is 25.0. The Morgan fingerprint density at radius 2 is 1.83 bits per heavy atom. The third-order valence-electron chi connectivity index (χ3n) is 7.87. The van der Waals surface area contributed by atoms with E-state index in [0.717, 1.165) is 31.9 Å². The second-order valence-electron chi connectivity index (χ2n) is 10.2. The third kappa shape index (κ3) is 5.06. The van der Waals surface area contributed by atoms with Gasteiger partial charge in [0.1, 0.15) is 11.6 Å². The minimum Gasteiger partial charge on any atom is -0.496 e. The summed E-state index contributed by atoms with van der Waals surface area (Å²) < 4.78 is 20.1. The van der Waals surface area contributed by atoms with E-state index in [-0.39, 0.29) is 35.9 Å². The van der Waals surface area contributed by atoms with E-state index in [0.29, 0.717) is 35.9 Å². The highest BCUT2D eigenvalue weighted by atomic mass is 19.1. The standard InChI is InChI=1S/C27H37FN6O2/c1-17(2)33-11-13-34(14-12-33)19-9-7-18(8-10-19)27(35)30-26-20-15-22(29-16-23(20)31-32-26)25-21(28)5-4-6-24(25)36-3/h4-10,17,20,22-23,26,29,31-32H,11-16H2,1-3H3,(H,30,35). The molecule has 0 saturated carbocycles. The Morgan fingerprint density at radius 1 is 1.08 bits per heavy atom. The van der Waals surface area contributed by atoms with Gasteiger partial charge in [-0.1, -0.05) is 6.07 Å². The molecular weight excluding hydrogens is 459 g/mol. The van der Waals surface area contributed by atoms with E-state index in [1.807, 2.05) is 24.3 Å².